The second-order valence-electron chi connectivity index (χ2n) is 5.68. The molecule has 0 aliphatic carbocycles. The van der Waals surface area contributed by atoms with E-state index in [-0.39, 0.29) is 35.4 Å². The zero-order chi connectivity index (χ0) is 17.9. The molecule has 0 spiro atoms. The summed E-state index contributed by atoms with van der Waals surface area (Å²) in [4.78, 5) is 0. The highest BCUT2D eigenvalue weighted by Gasteiger charge is 2.32. The first-order valence-corrected chi connectivity index (χ1v) is 7.75. The summed E-state index contributed by atoms with van der Waals surface area (Å²) in [5.74, 6) is 0.0471. The second-order valence-corrected chi connectivity index (χ2v) is 5.68. The van der Waals surface area contributed by atoms with Crippen molar-refractivity contribution in [3.05, 3.63) is 29.5 Å². The lowest BCUT2D eigenvalue weighted by molar-refractivity contribution is -0.137. The predicted molar refractivity (Wildman–Crippen MR) is 80.6 cm³/mol. The highest BCUT2D eigenvalue weighted by atomic mass is 19.4. The predicted octanol–water partition coefficient (Wildman–Crippen LogP) is 3.31. The highest BCUT2D eigenvalue weighted by Crippen LogP contribution is 2.35. The summed E-state index contributed by atoms with van der Waals surface area (Å²) in [6.45, 7) is 0.803. The maximum Gasteiger partial charge on any atom is 0.416 e. The Hall–Kier alpha value is -2.60. The van der Waals surface area contributed by atoms with E-state index in [0.717, 1.165) is 31.4 Å². The Balaban J connectivity index is 1.89. The second kappa shape index (κ2) is 7.11. The van der Waals surface area contributed by atoms with E-state index in [2.05, 4.69) is 15.4 Å². The number of hydrogen-bond donors (Lipinski definition) is 1. The van der Waals surface area contributed by atoms with Crippen LogP contribution in [-0.2, 0) is 10.9 Å². The molecule has 1 aliphatic heterocycles. The molecule has 6 nitrogen and oxygen atoms in total. The third-order valence-corrected chi connectivity index (χ3v) is 3.87. The quantitative estimate of drug-likeness (QED) is 0.913. The average Bonchev–Trinajstić information content (AvgIpc) is 3.08. The Bertz CT molecular complexity index is 776. The molecule has 1 unspecified atom stereocenters. The van der Waals surface area contributed by atoms with Crippen LogP contribution in [0, 0.1) is 11.3 Å². The molecule has 25 heavy (non-hydrogen) atoms. The summed E-state index contributed by atoms with van der Waals surface area (Å²) in [7, 11) is 0. The minimum absolute atomic E-state index is 0.0471. The van der Waals surface area contributed by atoms with E-state index in [9.17, 15) is 13.2 Å². The van der Waals surface area contributed by atoms with Crippen molar-refractivity contribution in [1.82, 2.24) is 15.4 Å². The number of ether oxygens (including phenoxy) is 2. The SMILES string of the molecule is N#Cc1n[nH]nc1-c1cc(OCC2CCCCO2)cc(C(F)(F)F)c1. The monoisotopic (exact) mass is 352 g/mol. The minimum Gasteiger partial charge on any atom is -0.491 e. The number of alkyl halides is 3. The normalized spacial score (nSPS) is 17.9. The Morgan fingerprint density at radius 3 is 2.80 bits per heavy atom. The molecule has 1 fully saturated rings. The summed E-state index contributed by atoms with van der Waals surface area (Å²) in [5, 5.41) is 18.6. The van der Waals surface area contributed by atoms with Gasteiger partial charge in [0.1, 0.15) is 24.1 Å². The van der Waals surface area contributed by atoms with Gasteiger partial charge in [-0.25, -0.2) is 0 Å². The molecule has 1 aromatic carbocycles. The molecule has 0 saturated carbocycles. The molecule has 0 amide bonds. The van der Waals surface area contributed by atoms with Gasteiger partial charge in [-0.1, -0.05) is 0 Å². The average molecular weight is 352 g/mol. The molecule has 1 N–H and O–H groups in total. The summed E-state index contributed by atoms with van der Waals surface area (Å²) in [6.07, 6.45) is -1.88. The first-order valence-electron chi connectivity index (χ1n) is 7.75. The first-order chi connectivity index (χ1) is 12.0. The molecule has 2 heterocycles. The van der Waals surface area contributed by atoms with E-state index in [1.807, 2.05) is 0 Å². The smallest absolute Gasteiger partial charge is 0.416 e. The molecular formula is C16H15F3N4O2. The van der Waals surface area contributed by atoms with Gasteiger partial charge in [0, 0.05) is 12.2 Å². The van der Waals surface area contributed by atoms with Crippen molar-refractivity contribution in [3.63, 3.8) is 0 Å². The fraction of sp³-hybridized carbons (Fsp3) is 0.438. The number of aromatic amines is 1. The van der Waals surface area contributed by atoms with Gasteiger partial charge in [-0.05, 0) is 37.5 Å². The van der Waals surface area contributed by atoms with Crippen molar-refractivity contribution in [3.8, 4) is 23.1 Å². The van der Waals surface area contributed by atoms with Crippen molar-refractivity contribution < 1.29 is 22.6 Å². The lowest BCUT2D eigenvalue weighted by Gasteiger charge is -2.23. The fourth-order valence-electron chi connectivity index (χ4n) is 2.62. The van der Waals surface area contributed by atoms with E-state index in [4.69, 9.17) is 14.7 Å². The van der Waals surface area contributed by atoms with E-state index < -0.39 is 11.7 Å². The third-order valence-electron chi connectivity index (χ3n) is 3.87. The summed E-state index contributed by atoms with van der Waals surface area (Å²) in [6, 6.07) is 5.05. The molecule has 1 atom stereocenters. The number of hydrogen-bond acceptors (Lipinski definition) is 5. The number of benzene rings is 1. The van der Waals surface area contributed by atoms with Crippen molar-refractivity contribution in [1.29, 1.82) is 5.26 Å². The minimum atomic E-state index is -4.55. The van der Waals surface area contributed by atoms with E-state index in [0.29, 0.717) is 6.61 Å². The highest BCUT2D eigenvalue weighted by molar-refractivity contribution is 5.67. The third kappa shape index (κ3) is 4.09. The molecule has 1 aliphatic rings. The van der Waals surface area contributed by atoms with Crippen molar-refractivity contribution in [2.75, 3.05) is 13.2 Å². The van der Waals surface area contributed by atoms with Gasteiger partial charge in [0.05, 0.1) is 11.7 Å². The van der Waals surface area contributed by atoms with Gasteiger partial charge in [-0.15, -0.1) is 5.10 Å². The number of nitrogens with zero attached hydrogens (tertiary/aromatic N) is 3. The molecule has 9 heteroatoms. The lowest BCUT2D eigenvalue weighted by Crippen LogP contribution is -2.25. The number of nitriles is 1. The van der Waals surface area contributed by atoms with Gasteiger partial charge in [-0.3, -0.25) is 0 Å². The van der Waals surface area contributed by atoms with E-state index in [1.165, 1.54) is 6.07 Å². The van der Waals surface area contributed by atoms with Gasteiger partial charge in [0.15, 0.2) is 5.69 Å². The number of halogens is 3. The largest absolute Gasteiger partial charge is 0.491 e. The van der Waals surface area contributed by atoms with Crippen LogP contribution in [0.4, 0.5) is 13.2 Å². The van der Waals surface area contributed by atoms with Crippen LogP contribution in [0.5, 0.6) is 5.75 Å². The van der Waals surface area contributed by atoms with Crippen molar-refractivity contribution in [2.24, 2.45) is 0 Å². The molecule has 3 rings (SSSR count). The Labute approximate surface area is 141 Å². The maximum atomic E-state index is 13.2. The molecule has 2 aromatic rings. The topological polar surface area (TPSA) is 83.8 Å². The molecule has 0 radical (unpaired) electrons. The first kappa shape index (κ1) is 17.2. The Morgan fingerprint density at radius 1 is 1.28 bits per heavy atom. The summed E-state index contributed by atoms with van der Waals surface area (Å²) < 4.78 is 50.6. The summed E-state index contributed by atoms with van der Waals surface area (Å²) in [5.41, 5.74) is -0.801. The van der Waals surface area contributed by atoms with Crippen LogP contribution in [0.2, 0.25) is 0 Å². The van der Waals surface area contributed by atoms with Crippen LogP contribution >= 0.6 is 0 Å². The molecule has 0 bridgehead atoms. The number of nitrogens with one attached hydrogen (secondary N) is 1. The van der Waals surface area contributed by atoms with Gasteiger partial charge in [-0.2, -0.15) is 28.7 Å². The molecular weight excluding hydrogens is 337 g/mol. The summed E-state index contributed by atoms with van der Waals surface area (Å²) >= 11 is 0. The van der Waals surface area contributed by atoms with Crippen LogP contribution in [0.3, 0.4) is 0 Å². The van der Waals surface area contributed by atoms with Crippen LogP contribution < -0.4 is 4.74 Å². The maximum absolute atomic E-state index is 13.2. The molecule has 1 saturated heterocycles. The standard InChI is InChI=1S/C16H15F3N4O2/c17-16(18,19)11-5-10(15-14(8-20)21-23-22-15)6-13(7-11)25-9-12-3-1-2-4-24-12/h5-7,12H,1-4,9H2,(H,21,22,23). The molecule has 1 aromatic heterocycles. The Kier molecular flexibility index (Phi) is 4.90. The van der Waals surface area contributed by atoms with Crippen LogP contribution in [0.25, 0.3) is 11.3 Å². The zero-order valence-electron chi connectivity index (χ0n) is 13.1. The fourth-order valence-corrected chi connectivity index (χ4v) is 2.62. The lowest BCUT2D eigenvalue weighted by atomic mass is 10.1. The Morgan fingerprint density at radius 2 is 2.12 bits per heavy atom. The molecule has 132 valence electrons. The van der Waals surface area contributed by atoms with Crippen LogP contribution in [-0.4, -0.2) is 34.7 Å². The van der Waals surface area contributed by atoms with Crippen LogP contribution in [0.1, 0.15) is 30.5 Å². The van der Waals surface area contributed by atoms with E-state index in [1.54, 1.807) is 6.07 Å². The zero-order valence-corrected chi connectivity index (χ0v) is 13.1. The van der Waals surface area contributed by atoms with E-state index >= 15 is 0 Å². The van der Waals surface area contributed by atoms with Crippen LogP contribution in [0.15, 0.2) is 18.2 Å². The van der Waals surface area contributed by atoms with Gasteiger partial charge in [0.25, 0.3) is 0 Å². The van der Waals surface area contributed by atoms with Gasteiger partial charge in [0.2, 0.25) is 0 Å². The van der Waals surface area contributed by atoms with Gasteiger partial charge < -0.3 is 9.47 Å². The van der Waals surface area contributed by atoms with Gasteiger partial charge >= 0.3 is 6.18 Å². The van der Waals surface area contributed by atoms with Crippen molar-refractivity contribution >= 4 is 0 Å². The number of aromatic nitrogens is 3. The van der Waals surface area contributed by atoms with Crippen molar-refractivity contribution in [2.45, 2.75) is 31.5 Å². The number of rotatable bonds is 4. The number of H-pyrrole nitrogens is 1.